The smallest absolute Gasteiger partial charge is 0.338 e. The van der Waals surface area contributed by atoms with Gasteiger partial charge in [0.2, 0.25) is 0 Å². The molecule has 0 unspecified atom stereocenters. The van der Waals surface area contributed by atoms with Crippen molar-refractivity contribution in [1.82, 2.24) is 10.3 Å². The minimum Gasteiger partial charge on any atom is -0.497 e. The van der Waals surface area contributed by atoms with Gasteiger partial charge in [0.1, 0.15) is 11.8 Å². The molecule has 0 aliphatic carbocycles. The summed E-state index contributed by atoms with van der Waals surface area (Å²) in [5.41, 5.74) is 2.04. The van der Waals surface area contributed by atoms with Crippen LogP contribution in [-0.2, 0) is 25.5 Å². The predicted octanol–water partition coefficient (Wildman–Crippen LogP) is 2.23. The van der Waals surface area contributed by atoms with Crippen molar-refractivity contribution in [2.75, 3.05) is 20.8 Å². The van der Waals surface area contributed by atoms with Gasteiger partial charge in [0.25, 0.3) is 5.91 Å². The molecule has 0 aliphatic heterocycles. The molecule has 0 bridgehead atoms. The minimum absolute atomic E-state index is 0.228. The van der Waals surface area contributed by atoms with E-state index < -0.39 is 30.5 Å². The molecule has 0 spiro atoms. The second-order valence-corrected chi connectivity index (χ2v) is 6.51. The predicted molar refractivity (Wildman–Crippen MR) is 109 cm³/mol. The summed E-state index contributed by atoms with van der Waals surface area (Å²) in [6, 6.07) is 13.1. The number of H-pyrrole nitrogens is 1. The van der Waals surface area contributed by atoms with Crippen molar-refractivity contribution >= 4 is 28.7 Å². The zero-order valence-corrected chi connectivity index (χ0v) is 16.6. The summed E-state index contributed by atoms with van der Waals surface area (Å²) >= 11 is 0. The first-order chi connectivity index (χ1) is 14.5. The van der Waals surface area contributed by atoms with E-state index in [2.05, 4.69) is 10.3 Å². The van der Waals surface area contributed by atoms with Gasteiger partial charge in [0.05, 0.1) is 19.8 Å². The summed E-state index contributed by atoms with van der Waals surface area (Å²) in [6.07, 6.45) is 2.02. The lowest BCUT2D eigenvalue weighted by atomic mass is 10.0. The molecule has 3 rings (SSSR count). The van der Waals surface area contributed by atoms with Crippen molar-refractivity contribution in [1.29, 1.82) is 0 Å². The van der Waals surface area contributed by atoms with Crippen LogP contribution in [0.25, 0.3) is 10.9 Å². The number of nitrogens with one attached hydrogen (secondary N) is 2. The van der Waals surface area contributed by atoms with Crippen LogP contribution in [0.1, 0.15) is 15.9 Å². The van der Waals surface area contributed by atoms with Crippen LogP contribution in [0.5, 0.6) is 5.75 Å². The number of ether oxygens (including phenoxy) is 3. The Morgan fingerprint density at radius 3 is 2.63 bits per heavy atom. The standard InChI is InChI=1S/C22H22N2O6/c1-28-16-7-5-6-14(10-16)21(26)30-13-20(25)24-19(22(27)29-2)11-15-12-23-18-9-4-3-8-17(15)18/h3-10,12,19,23H,11,13H2,1-2H3,(H,24,25)/t19-/m0/s1. The average Bonchev–Trinajstić information content (AvgIpc) is 3.19. The van der Waals surface area contributed by atoms with Crippen LogP contribution < -0.4 is 10.1 Å². The van der Waals surface area contributed by atoms with Gasteiger partial charge in [-0.25, -0.2) is 9.59 Å². The van der Waals surface area contributed by atoms with Crippen LogP contribution in [0.3, 0.4) is 0 Å². The molecule has 0 aliphatic rings. The topological polar surface area (TPSA) is 107 Å². The first-order valence-electron chi connectivity index (χ1n) is 9.25. The van der Waals surface area contributed by atoms with Crippen molar-refractivity contribution < 1.29 is 28.6 Å². The maximum atomic E-state index is 12.3. The highest BCUT2D eigenvalue weighted by Gasteiger charge is 2.24. The molecular formula is C22H22N2O6. The molecule has 8 heteroatoms. The number of carbonyl (C=O) groups excluding carboxylic acids is 3. The van der Waals surface area contributed by atoms with Crippen molar-refractivity contribution in [3.05, 3.63) is 65.9 Å². The molecule has 0 saturated carbocycles. The summed E-state index contributed by atoms with van der Waals surface area (Å²) < 4.78 is 14.9. The van der Waals surface area contributed by atoms with Gasteiger partial charge in [0, 0.05) is 23.5 Å². The maximum Gasteiger partial charge on any atom is 0.338 e. The number of amides is 1. The Hall–Kier alpha value is -3.81. The van der Waals surface area contributed by atoms with Gasteiger partial charge in [0.15, 0.2) is 6.61 Å². The monoisotopic (exact) mass is 410 g/mol. The zero-order valence-electron chi connectivity index (χ0n) is 16.6. The Bertz CT molecular complexity index is 1060. The van der Waals surface area contributed by atoms with Crippen LogP contribution >= 0.6 is 0 Å². The summed E-state index contributed by atoms with van der Waals surface area (Å²) in [5, 5.41) is 3.52. The van der Waals surface area contributed by atoms with E-state index in [9.17, 15) is 14.4 Å². The second kappa shape index (κ2) is 9.60. The number of rotatable bonds is 8. The number of hydrogen-bond acceptors (Lipinski definition) is 6. The lowest BCUT2D eigenvalue weighted by Crippen LogP contribution is -2.44. The molecule has 8 nitrogen and oxygen atoms in total. The van der Waals surface area contributed by atoms with Gasteiger partial charge in [-0.05, 0) is 29.8 Å². The lowest BCUT2D eigenvalue weighted by molar-refractivity contribution is -0.145. The number of aromatic amines is 1. The summed E-state index contributed by atoms with van der Waals surface area (Å²) in [5.74, 6) is -1.37. The number of aromatic nitrogens is 1. The molecule has 0 radical (unpaired) electrons. The second-order valence-electron chi connectivity index (χ2n) is 6.51. The SMILES string of the molecule is COC(=O)[C@H](Cc1c[nH]c2ccccc12)NC(=O)COC(=O)c1cccc(OC)c1. The van der Waals surface area contributed by atoms with Crippen molar-refractivity contribution in [3.63, 3.8) is 0 Å². The van der Waals surface area contributed by atoms with E-state index in [1.54, 1.807) is 24.4 Å². The van der Waals surface area contributed by atoms with Gasteiger partial charge < -0.3 is 24.5 Å². The first-order valence-corrected chi connectivity index (χ1v) is 9.25. The van der Waals surface area contributed by atoms with E-state index in [-0.39, 0.29) is 12.0 Å². The van der Waals surface area contributed by atoms with Crippen molar-refractivity contribution in [3.8, 4) is 5.75 Å². The summed E-state index contributed by atoms with van der Waals surface area (Å²) in [4.78, 5) is 39.7. The highest BCUT2D eigenvalue weighted by Crippen LogP contribution is 2.19. The van der Waals surface area contributed by atoms with Crippen LogP contribution in [0.4, 0.5) is 0 Å². The first kappa shape index (κ1) is 20.9. The number of esters is 2. The normalized spacial score (nSPS) is 11.5. The van der Waals surface area contributed by atoms with Crippen LogP contribution in [0, 0.1) is 0 Å². The van der Waals surface area contributed by atoms with Gasteiger partial charge in [-0.2, -0.15) is 0 Å². The minimum atomic E-state index is -0.919. The molecule has 2 aromatic carbocycles. The number of methoxy groups -OCH3 is 2. The Morgan fingerprint density at radius 2 is 1.87 bits per heavy atom. The molecule has 1 heterocycles. The van der Waals surface area contributed by atoms with Gasteiger partial charge in [-0.15, -0.1) is 0 Å². The highest BCUT2D eigenvalue weighted by molar-refractivity contribution is 5.92. The molecule has 156 valence electrons. The van der Waals surface area contributed by atoms with Crippen LogP contribution in [0.15, 0.2) is 54.7 Å². The van der Waals surface area contributed by atoms with E-state index in [0.29, 0.717) is 5.75 Å². The number of benzene rings is 2. The zero-order chi connectivity index (χ0) is 21.5. The molecule has 0 saturated heterocycles. The lowest BCUT2D eigenvalue weighted by Gasteiger charge is -2.16. The Kier molecular flexibility index (Phi) is 6.69. The van der Waals surface area contributed by atoms with E-state index in [4.69, 9.17) is 14.2 Å². The largest absolute Gasteiger partial charge is 0.497 e. The van der Waals surface area contributed by atoms with E-state index >= 15 is 0 Å². The van der Waals surface area contributed by atoms with Gasteiger partial charge >= 0.3 is 11.9 Å². The molecule has 1 amide bonds. The molecule has 3 aromatic rings. The molecule has 2 N–H and O–H groups in total. The number of para-hydroxylation sites is 1. The summed E-state index contributed by atoms with van der Waals surface area (Å²) in [7, 11) is 2.73. The third kappa shape index (κ3) is 4.96. The summed E-state index contributed by atoms with van der Waals surface area (Å²) in [6.45, 7) is -0.530. The Labute approximate surface area is 173 Å². The Morgan fingerprint density at radius 1 is 1.07 bits per heavy atom. The van der Waals surface area contributed by atoms with Gasteiger partial charge in [-0.3, -0.25) is 4.79 Å². The molecule has 0 fully saturated rings. The van der Waals surface area contributed by atoms with E-state index in [1.165, 1.54) is 20.3 Å². The average molecular weight is 410 g/mol. The van der Waals surface area contributed by atoms with Crippen molar-refractivity contribution in [2.45, 2.75) is 12.5 Å². The Balaban J connectivity index is 1.62. The van der Waals surface area contributed by atoms with E-state index in [1.807, 2.05) is 24.3 Å². The number of carbonyl (C=O) groups is 3. The third-order valence-electron chi connectivity index (χ3n) is 4.56. The number of hydrogen-bond donors (Lipinski definition) is 2. The van der Waals surface area contributed by atoms with Crippen LogP contribution in [-0.4, -0.2) is 49.7 Å². The fraction of sp³-hybridized carbons (Fsp3) is 0.227. The van der Waals surface area contributed by atoms with Crippen molar-refractivity contribution in [2.24, 2.45) is 0 Å². The fourth-order valence-electron chi connectivity index (χ4n) is 3.06. The van der Waals surface area contributed by atoms with Crippen LogP contribution in [0.2, 0.25) is 0 Å². The molecular weight excluding hydrogens is 388 g/mol. The molecule has 30 heavy (non-hydrogen) atoms. The molecule has 1 aromatic heterocycles. The maximum absolute atomic E-state index is 12.3. The van der Waals surface area contributed by atoms with Gasteiger partial charge in [-0.1, -0.05) is 24.3 Å². The van der Waals surface area contributed by atoms with E-state index in [0.717, 1.165) is 16.5 Å². The quantitative estimate of drug-likeness (QED) is 0.552. The highest BCUT2D eigenvalue weighted by atomic mass is 16.5. The third-order valence-corrected chi connectivity index (χ3v) is 4.56. The fourth-order valence-corrected chi connectivity index (χ4v) is 3.06. The number of fused-ring (bicyclic) bond motifs is 1. The molecule has 1 atom stereocenters.